The monoisotopic (exact) mass is 224 g/mol. The van der Waals surface area contributed by atoms with E-state index in [4.69, 9.17) is 5.84 Å². The summed E-state index contributed by atoms with van der Waals surface area (Å²) < 4.78 is 0. The van der Waals surface area contributed by atoms with Crippen LogP contribution in [0.4, 0.5) is 11.5 Å². The lowest BCUT2D eigenvalue weighted by Crippen LogP contribution is -2.33. The summed E-state index contributed by atoms with van der Waals surface area (Å²) in [5, 5.41) is 13.1. The minimum atomic E-state index is -0.686. The third-order valence-corrected chi connectivity index (χ3v) is 2.37. The molecule has 0 saturated heterocycles. The van der Waals surface area contributed by atoms with Gasteiger partial charge < -0.3 is 15.8 Å². The summed E-state index contributed by atoms with van der Waals surface area (Å²) >= 11 is 0. The molecule has 1 unspecified atom stereocenters. The molecule has 0 radical (unpaired) electrons. The average Bonchev–Trinajstić information content (AvgIpc) is 2.27. The Labute approximate surface area is 96.0 Å². The summed E-state index contributed by atoms with van der Waals surface area (Å²) in [5.41, 5.74) is 2.68. The highest BCUT2D eigenvalue weighted by atomic mass is 16.3. The molecule has 0 amide bonds. The maximum absolute atomic E-state index is 9.98. The number of nitrogen functional groups attached to an aromatic ring is 1. The Morgan fingerprint density at radius 3 is 2.94 bits per heavy atom. The van der Waals surface area contributed by atoms with Crippen molar-refractivity contribution in [2.45, 2.75) is 32.3 Å². The number of aromatic nitrogens is 1. The molecular weight excluding hydrogens is 204 g/mol. The molecule has 1 rings (SSSR count). The van der Waals surface area contributed by atoms with Gasteiger partial charge in [0.05, 0.1) is 5.60 Å². The molecule has 0 aliphatic heterocycles. The van der Waals surface area contributed by atoms with Gasteiger partial charge in [-0.3, -0.25) is 0 Å². The lowest BCUT2D eigenvalue weighted by Gasteiger charge is -2.23. The standard InChI is InChI=1S/C11H20N4O/c1-3-5-11(2,16)8-14-9-4-6-13-10(7-9)15-12/h4,6-7,16H,3,5,8,12H2,1-2H3,(H2,13,14,15). The van der Waals surface area contributed by atoms with Crippen LogP contribution >= 0.6 is 0 Å². The highest BCUT2D eigenvalue weighted by molar-refractivity contribution is 5.51. The van der Waals surface area contributed by atoms with Gasteiger partial charge in [-0.25, -0.2) is 10.8 Å². The molecule has 0 aliphatic rings. The summed E-state index contributed by atoms with van der Waals surface area (Å²) in [6.45, 7) is 4.39. The van der Waals surface area contributed by atoms with Crippen LogP contribution in [-0.4, -0.2) is 22.2 Å². The fourth-order valence-electron chi connectivity index (χ4n) is 1.54. The molecule has 0 bridgehead atoms. The van der Waals surface area contributed by atoms with Crippen molar-refractivity contribution < 1.29 is 5.11 Å². The Bertz CT molecular complexity index is 328. The van der Waals surface area contributed by atoms with Gasteiger partial charge >= 0.3 is 0 Å². The topological polar surface area (TPSA) is 83.2 Å². The van der Waals surface area contributed by atoms with Crippen molar-refractivity contribution >= 4 is 11.5 Å². The quantitative estimate of drug-likeness (QED) is 0.433. The van der Waals surface area contributed by atoms with Crippen molar-refractivity contribution in [3.05, 3.63) is 18.3 Å². The summed E-state index contributed by atoms with van der Waals surface area (Å²) in [4.78, 5) is 4.00. The van der Waals surface area contributed by atoms with Gasteiger partial charge in [0, 0.05) is 24.5 Å². The smallest absolute Gasteiger partial charge is 0.141 e. The highest BCUT2D eigenvalue weighted by Gasteiger charge is 2.18. The van der Waals surface area contributed by atoms with E-state index in [2.05, 4.69) is 22.7 Å². The van der Waals surface area contributed by atoms with E-state index in [9.17, 15) is 5.11 Å². The van der Waals surface area contributed by atoms with Gasteiger partial charge in [-0.2, -0.15) is 0 Å². The Kier molecular flexibility index (Phi) is 4.52. The molecule has 16 heavy (non-hydrogen) atoms. The summed E-state index contributed by atoms with van der Waals surface area (Å²) in [6, 6.07) is 3.63. The summed E-state index contributed by atoms with van der Waals surface area (Å²) in [5.74, 6) is 5.86. The first kappa shape index (κ1) is 12.7. The number of hydrogen-bond acceptors (Lipinski definition) is 5. The molecule has 1 aromatic heterocycles. The Hall–Kier alpha value is -1.33. The Morgan fingerprint density at radius 2 is 2.31 bits per heavy atom. The number of aliphatic hydroxyl groups is 1. The minimum absolute atomic E-state index is 0.509. The predicted octanol–water partition coefficient (Wildman–Crippen LogP) is 1.33. The van der Waals surface area contributed by atoms with Crippen LogP contribution < -0.4 is 16.6 Å². The van der Waals surface area contributed by atoms with E-state index >= 15 is 0 Å². The van der Waals surface area contributed by atoms with Crippen molar-refractivity contribution in [2.75, 3.05) is 17.3 Å². The van der Waals surface area contributed by atoms with Crippen molar-refractivity contribution in [1.29, 1.82) is 0 Å². The van der Waals surface area contributed by atoms with Crippen LogP contribution in [-0.2, 0) is 0 Å². The van der Waals surface area contributed by atoms with Gasteiger partial charge in [-0.05, 0) is 19.4 Å². The van der Waals surface area contributed by atoms with Crippen LogP contribution in [0.2, 0.25) is 0 Å². The second-order valence-corrected chi connectivity index (χ2v) is 4.17. The number of nitrogens with two attached hydrogens (primary N) is 1. The zero-order valence-corrected chi connectivity index (χ0v) is 9.83. The van der Waals surface area contributed by atoms with E-state index in [1.54, 1.807) is 12.3 Å². The lowest BCUT2D eigenvalue weighted by molar-refractivity contribution is 0.0637. The van der Waals surface area contributed by atoms with Crippen molar-refractivity contribution in [2.24, 2.45) is 5.84 Å². The SMILES string of the molecule is CCCC(C)(O)CNc1ccnc(NN)c1. The molecule has 0 saturated carbocycles. The average molecular weight is 224 g/mol. The van der Waals surface area contributed by atoms with Crippen molar-refractivity contribution in [1.82, 2.24) is 4.98 Å². The first-order valence-corrected chi connectivity index (χ1v) is 5.46. The summed E-state index contributed by atoms with van der Waals surface area (Å²) in [7, 11) is 0. The molecule has 5 N–H and O–H groups in total. The number of nitrogens with zero attached hydrogens (tertiary/aromatic N) is 1. The molecular formula is C11H20N4O. The van der Waals surface area contributed by atoms with Gasteiger partial charge in [0.1, 0.15) is 5.82 Å². The van der Waals surface area contributed by atoms with Gasteiger partial charge in [-0.15, -0.1) is 0 Å². The predicted molar refractivity (Wildman–Crippen MR) is 66.1 cm³/mol. The van der Waals surface area contributed by atoms with E-state index < -0.39 is 5.60 Å². The van der Waals surface area contributed by atoms with E-state index in [0.29, 0.717) is 12.4 Å². The normalized spacial score (nSPS) is 14.2. The fourth-order valence-corrected chi connectivity index (χ4v) is 1.54. The molecule has 1 atom stereocenters. The molecule has 1 aromatic rings. The molecule has 5 nitrogen and oxygen atoms in total. The van der Waals surface area contributed by atoms with E-state index in [1.807, 2.05) is 13.0 Å². The summed E-state index contributed by atoms with van der Waals surface area (Å²) in [6.07, 6.45) is 3.39. The van der Waals surface area contributed by atoms with E-state index in [1.165, 1.54) is 0 Å². The molecule has 0 spiro atoms. The van der Waals surface area contributed by atoms with Gasteiger partial charge in [-0.1, -0.05) is 13.3 Å². The maximum Gasteiger partial charge on any atom is 0.141 e. The number of pyridine rings is 1. The number of hydrogen-bond donors (Lipinski definition) is 4. The van der Waals surface area contributed by atoms with Crippen LogP contribution in [0, 0.1) is 0 Å². The Morgan fingerprint density at radius 1 is 1.56 bits per heavy atom. The minimum Gasteiger partial charge on any atom is -0.388 e. The van der Waals surface area contributed by atoms with Crippen molar-refractivity contribution in [3.63, 3.8) is 0 Å². The van der Waals surface area contributed by atoms with Crippen LogP contribution in [0.5, 0.6) is 0 Å². The fraction of sp³-hybridized carbons (Fsp3) is 0.545. The van der Waals surface area contributed by atoms with Crippen LogP contribution in [0.1, 0.15) is 26.7 Å². The molecule has 5 heteroatoms. The van der Waals surface area contributed by atoms with Gasteiger partial charge in [0.25, 0.3) is 0 Å². The third kappa shape index (κ3) is 4.04. The van der Waals surface area contributed by atoms with Gasteiger partial charge in [0.15, 0.2) is 0 Å². The zero-order chi connectivity index (χ0) is 12.0. The lowest BCUT2D eigenvalue weighted by atomic mass is 10.0. The van der Waals surface area contributed by atoms with E-state index in [0.717, 1.165) is 18.5 Å². The number of hydrazine groups is 1. The molecule has 1 heterocycles. The molecule has 0 aromatic carbocycles. The number of nitrogens with one attached hydrogen (secondary N) is 2. The Balaban J connectivity index is 2.53. The second-order valence-electron chi connectivity index (χ2n) is 4.17. The van der Waals surface area contributed by atoms with Crippen LogP contribution in [0.25, 0.3) is 0 Å². The second kappa shape index (κ2) is 5.67. The van der Waals surface area contributed by atoms with Crippen molar-refractivity contribution in [3.8, 4) is 0 Å². The third-order valence-electron chi connectivity index (χ3n) is 2.37. The first-order valence-electron chi connectivity index (χ1n) is 5.46. The molecule has 0 fully saturated rings. The number of anilines is 2. The zero-order valence-electron chi connectivity index (χ0n) is 9.83. The number of rotatable bonds is 6. The van der Waals surface area contributed by atoms with E-state index in [-0.39, 0.29) is 0 Å². The highest BCUT2D eigenvalue weighted by Crippen LogP contribution is 2.15. The first-order chi connectivity index (χ1) is 7.57. The van der Waals surface area contributed by atoms with Crippen LogP contribution in [0.15, 0.2) is 18.3 Å². The largest absolute Gasteiger partial charge is 0.388 e. The maximum atomic E-state index is 9.98. The molecule has 90 valence electrons. The van der Waals surface area contributed by atoms with Gasteiger partial charge in [0.2, 0.25) is 0 Å². The van der Waals surface area contributed by atoms with Crippen LogP contribution in [0.3, 0.4) is 0 Å². The molecule has 0 aliphatic carbocycles.